The predicted molar refractivity (Wildman–Crippen MR) is 102 cm³/mol. The molecule has 0 unspecified atom stereocenters. The third-order valence-corrected chi connectivity index (χ3v) is 5.17. The van der Waals surface area contributed by atoms with E-state index in [-0.39, 0.29) is 0 Å². The fourth-order valence-corrected chi connectivity index (χ4v) is 4.08. The van der Waals surface area contributed by atoms with Gasteiger partial charge in [-0.3, -0.25) is 0 Å². The van der Waals surface area contributed by atoms with Crippen LogP contribution >= 0.6 is 0 Å². The third kappa shape index (κ3) is 2.00. The molecule has 1 aliphatic rings. The fraction of sp³-hybridized carbons (Fsp3) is 0.0833. The first-order valence-electron chi connectivity index (χ1n) is 8.60. The third-order valence-electron chi connectivity index (χ3n) is 5.17. The van der Waals surface area contributed by atoms with Crippen molar-refractivity contribution in [3.8, 4) is 22.3 Å². The quantitative estimate of drug-likeness (QED) is 0.409. The second kappa shape index (κ2) is 5.35. The minimum Gasteiger partial charge on any atom is -0.0622 e. The largest absolute Gasteiger partial charge is 0.0622 e. The maximum Gasteiger partial charge on any atom is -0.00989 e. The van der Waals surface area contributed by atoms with Gasteiger partial charge in [0.2, 0.25) is 0 Å². The van der Waals surface area contributed by atoms with Gasteiger partial charge in [-0.2, -0.15) is 0 Å². The van der Waals surface area contributed by atoms with E-state index < -0.39 is 0 Å². The predicted octanol–water partition coefficient (Wildman–Crippen LogP) is 6.27. The molecule has 0 spiro atoms. The van der Waals surface area contributed by atoms with E-state index in [0.717, 1.165) is 12.8 Å². The molecule has 0 saturated carbocycles. The standard InChI is InChI=1S/C24H18/c1-3-8-17(9-4-1)22-16-23(18-10-5-2-6-11-18)21-15-14-19-12-7-13-20(22)24(19)21/h1-13,16H,14-15H2. The number of hydrogen-bond acceptors (Lipinski definition) is 0. The summed E-state index contributed by atoms with van der Waals surface area (Å²) in [5, 5.41) is 2.88. The second-order valence-corrected chi connectivity index (χ2v) is 6.52. The van der Waals surface area contributed by atoms with Crippen molar-refractivity contribution in [1.29, 1.82) is 0 Å². The lowest BCUT2D eigenvalue weighted by molar-refractivity contribution is 1.03. The Balaban J connectivity index is 1.90. The van der Waals surface area contributed by atoms with Crippen LogP contribution in [0.5, 0.6) is 0 Å². The van der Waals surface area contributed by atoms with Crippen LogP contribution in [0.25, 0.3) is 33.0 Å². The SMILES string of the molecule is c1ccc(-c2cc(-c3ccccc3)c3cccc4c3c2CC4)cc1. The average molecular weight is 306 g/mol. The van der Waals surface area contributed by atoms with Crippen LogP contribution in [-0.2, 0) is 12.8 Å². The van der Waals surface area contributed by atoms with Crippen molar-refractivity contribution >= 4 is 10.8 Å². The second-order valence-electron chi connectivity index (χ2n) is 6.52. The number of hydrogen-bond donors (Lipinski definition) is 0. The molecule has 114 valence electrons. The van der Waals surface area contributed by atoms with E-state index in [2.05, 4.69) is 84.9 Å². The van der Waals surface area contributed by atoms with E-state index in [0.29, 0.717) is 0 Å². The zero-order valence-corrected chi connectivity index (χ0v) is 13.5. The summed E-state index contributed by atoms with van der Waals surface area (Å²) in [6.45, 7) is 0. The zero-order valence-electron chi connectivity index (χ0n) is 13.5. The summed E-state index contributed by atoms with van der Waals surface area (Å²) in [5.41, 5.74) is 8.38. The van der Waals surface area contributed by atoms with Gasteiger partial charge in [-0.15, -0.1) is 0 Å². The van der Waals surface area contributed by atoms with Gasteiger partial charge >= 0.3 is 0 Å². The highest BCUT2D eigenvalue weighted by Gasteiger charge is 2.21. The Morgan fingerprint density at radius 2 is 1.21 bits per heavy atom. The molecule has 0 aliphatic heterocycles. The molecule has 0 heterocycles. The summed E-state index contributed by atoms with van der Waals surface area (Å²) in [6.07, 6.45) is 2.31. The topological polar surface area (TPSA) is 0 Å². The molecule has 0 saturated heterocycles. The molecular weight excluding hydrogens is 288 g/mol. The molecule has 0 aromatic heterocycles. The molecular formula is C24H18. The maximum atomic E-state index is 2.40. The summed E-state index contributed by atoms with van der Waals surface area (Å²) in [5.74, 6) is 0. The molecule has 0 N–H and O–H groups in total. The number of rotatable bonds is 2. The lowest BCUT2D eigenvalue weighted by Crippen LogP contribution is -1.90. The van der Waals surface area contributed by atoms with E-state index in [1.54, 1.807) is 0 Å². The van der Waals surface area contributed by atoms with E-state index in [1.807, 2.05) is 0 Å². The molecule has 4 aromatic carbocycles. The van der Waals surface area contributed by atoms with Gasteiger partial charge in [0.15, 0.2) is 0 Å². The first-order chi connectivity index (χ1) is 11.9. The summed E-state index contributed by atoms with van der Waals surface area (Å²) in [7, 11) is 0. The van der Waals surface area contributed by atoms with Gasteiger partial charge in [-0.05, 0) is 63.1 Å². The van der Waals surface area contributed by atoms with E-state index >= 15 is 0 Å². The fourth-order valence-electron chi connectivity index (χ4n) is 4.08. The summed E-state index contributed by atoms with van der Waals surface area (Å²) in [4.78, 5) is 0. The Hall–Kier alpha value is -2.86. The summed E-state index contributed by atoms with van der Waals surface area (Å²) in [6, 6.07) is 30.8. The molecule has 0 amide bonds. The molecule has 0 radical (unpaired) electrons. The van der Waals surface area contributed by atoms with Crippen molar-refractivity contribution in [2.75, 3.05) is 0 Å². The van der Waals surface area contributed by atoms with Gasteiger partial charge in [0, 0.05) is 0 Å². The summed E-state index contributed by atoms with van der Waals surface area (Å²) >= 11 is 0. The van der Waals surface area contributed by atoms with Crippen LogP contribution in [0.2, 0.25) is 0 Å². The van der Waals surface area contributed by atoms with Crippen LogP contribution in [0.4, 0.5) is 0 Å². The Bertz CT molecular complexity index is 1030. The normalized spacial score (nSPS) is 12.7. The lowest BCUT2D eigenvalue weighted by atomic mass is 9.89. The van der Waals surface area contributed by atoms with Crippen LogP contribution in [0.3, 0.4) is 0 Å². The van der Waals surface area contributed by atoms with Gasteiger partial charge in [-0.25, -0.2) is 0 Å². The minimum atomic E-state index is 1.15. The van der Waals surface area contributed by atoms with Gasteiger partial charge in [0.1, 0.15) is 0 Å². The molecule has 0 heteroatoms. The molecule has 0 fully saturated rings. The van der Waals surface area contributed by atoms with Gasteiger partial charge in [0.25, 0.3) is 0 Å². The molecule has 0 bridgehead atoms. The molecule has 0 nitrogen and oxygen atoms in total. The van der Waals surface area contributed by atoms with Gasteiger partial charge < -0.3 is 0 Å². The van der Waals surface area contributed by atoms with Crippen LogP contribution in [0.15, 0.2) is 84.9 Å². The minimum absolute atomic E-state index is 1.15. The number of aryl methyl sites for hydroxylation is 2. The van der Waals surface area contributed by atoms with E-state index in [1.165, 1.54) is 44.2 Å². The van der Waals surface area contributed by atoms with Crippen LogP contribution in [0.1, 0.15) is 11.1 Å². The first-order valence-corrected chi connectivity index (χ1v) is 8.60. The highest BCUT2D eigenvalue weighted by molar-refractivity contribution is 6.05. The summed E-state index contributed by atoms with van der Waals surface area (Å²) < 4.78 is 0. The van der Waals surface area contributed by atoms with Crippen molar-refractivity contribution in [3.63, 3.8) is 0 Å². The Morgan fingerprint density at radius 1 is 0.542 bits per heavy atom. The monoisotopic (exact) mass is 306 g/mol. The molecule has 5 rings (SSSR count). The highest BCUT2D eigenvalue weighted by atomic mass is 14.2. The van der Waals surface area contributed by atoms with Crippen molar-refractivity contribution in [1.82, 2.24) is 0 Å². The van der Waals surface area contributed by atoms with Gasteiger partial charge in [0.05, 0.1) is 0 Å². The van der Waals surface area contributed by atoms with Crippen molar-refractivity contribution in [3.05, 3.63) is 96.1 Å². The van der Waals surface area contributed by atoms with Crippen LogP contribution in [-0.4, -0.2) is 0 Å². The van der Waals surface area contributed by atoms with Crippen molar-refractivity contribution in [2.45, 2.75) is 12.8 Å². The Morgan fingerprint density at radius 3 is 1.92 bits per heavy atom. The smallest absolute Gasteiger partial charge is 0.00989 e. The van der Waals surface area contributed by atoms with Gasteiger partial charge in [-0.1, -0.05) is 78.9 Å². The molecule has 24 heavy (non-hydrogen) atoms. The molecule has 0 atom stereocenters. The maximum absolute atomic E-state index is 2.40. The lowest BCUT2D eigenvalue weighted by Gasteiger charge is -2.15. The Kier molecular flexibility index (Phi) is 3.02. The molecule has 4 aromatic rings. The van der Waals surface area contributed by atoms with E-state index in [4.69, 9.17) is 0 Å². The van der Waals surface area contributed by atoms with Crippen LogP contribution < -0.4 is 0 Å². The average Bonchev–Trinajstić information content (AvgIpc) is 3.09. The Labute approximate surface area is 142 Å². The van der Waals surface area contributed by atoms with Crippen molar-refractivity contribution in [2.24, 2.45) is 0 Å². The van der Waals surface area contributed by atoms with E-state index in [9.17, 15) is 0 Å². The highest BCUT2D eigenvalue weighted by Crippen LogP contribution is 2.42. The van der Waals surface area contributed by atoms with Crippen LogP contribution in [0, 0.1) is 0 Å². The molecule has 1 aliphatic carbocycles. The zero-order chi connectivity index (χ0) is 15.9. The number of benzene rings is 4. The first kappa shape index (κ1) is 13.6. The van der Waals surface area contributed by atoms with Crippen molar-refractivity contribution < 1.29 is 0 Å².